The van der Waals surface area contributed by atoms with Gasteiger partial charge in [0.25, 0.3) is 0 Å². The molecule has 2 aliphatic heterocycles. The van der Waals surface area contributed by atoms with E-state index in [1.165, 1.54) is 51.5 Å². The topological polar surface area (TPSA) is 173 Å². The number of piperidine rings is 1. The van der Waals surface area contributed by atoms with E-state index in [-0.39, 0.29) is 80.2 Å². The standard InChI is InChI=1S/C32H40FN3O10S2/c1-4-34-18-28(30(38)26-9-6-10-27(33)29(26)34)48(43,44)35-13-11-32(12-14-35)16-22(19-46-32)36(31(39)40)17-23(37)20-45-24-7-5-8-25(15-24)47(41,42)21(2)3/h5-10,15,18,21-23,37H,4,11-14,16-17,19-20H2,1-3H3,(H,39,40)/t22-,23+/m1/s1. The molecule has 262 valence electrons. The van der Waals surface area contributed by atoms with Crippen molar-refractivity contribution in [2.75, 3.05) is 32.8 Å². The van der Waals surface area contributed by atoms with Crippen molar-refractivity contribution >= 4 is 36.9 Å². The second kappa shape index (κ2) is 13.7. The van der Waals surface area contributed by atoms with Gasteiger partial charge in [-0.05, 0) is 70.4 Å². The van der Waals surface area contributed by atoms with Gasteiger partial charge in [-0.15, -0.1) is 0 Å². The Morgan fingerprint density at radius 2 is 1.83 bits per heavy atom. The summed E-state index contributed by atoms with van der Waals surface area (Å²) >= 11 is 0. The van der Waals surface area contributed by atoms with Gasteiger partial charge in [0.15, 0.2) is 9.84 Å². The van der Waals surface area contributed by atoms with Crippen LogP contribution in [0.3, 0.4) is 0 Å². The zero-order valence-corrected chi connectivity index (χ0v) is 28.5. The Kier molecular flexibility index (Phi) is 10.2. The maximum atomic E-state index is 14.5. The summed E-state index contributed by atoms with van der Waals surface area (Å²) in [4.78, 5) is 26.2. The van der Waals surface area contributed by atoms with Crippen LogP contribution in [0.1, 0.15) is 40.0 Å². The van der Waals surface area contributed by atoms with Gasteiger partial charge in [0.2, 0.25) is 15.5 Å². The molecule has 48 heavy (non-hydrogen) atoms. The summed E-state index contributed by atoms with van der Waals surface area (Å²) in [6, 6.07) is 9.24. The summed E-state index contributed by atoms with van der Waals surface area (Å²) in [6.07, 6.45) is -0.557. The molecule has 16 heteroatoms. The predicted molar refractivity (Wildman–Crippen MR) is 174 cm³/mol. The van der Waals surface area contributed by atoms with Crippen molar-refractivity contribution in [3.63, 3.8) is 0 Å². The number of sulfonamides is 1. The number of para-hydroxylation sites is 1. The first kappa shape index (κ1) is 35.7. The Labute approximate surface area is 278 Å². The Morgan fingerprint density at radius 1 is 1.15 bits per heavy atom. The summed E-state index contributed by atoms with van der Waals surface area (Å²) in [7, 11) is -7.78. The first-order chi connectivity index (χ1) is 22.6. The van der Waals surface area contributed by atoms with E-state index in [4.69, 9.17) is 9.47 Å². The molecule has 13 nitrogen and oxygen atoms in total. The number of nitrogens with zero attached hydrogens (tertiary/aromatic N) is 3. The quantitative estimate of drug-likeness (QED) is 0.301. The second-order valence-electron chi connectivity index (χ2n) is 12.5. The van der Waals surface area contributed by atoms with Gasteiger partial charge < -0.3 is 29.2 Å². The van der Waals surface area contributed by atoms with Crippen molar-refractivity contribution in [3.05, 3.63) is 64.7 Å². The monoisotopic (exact) mass is 709 g/mol. The predicted octanol–water partition coefficient (Wildman–Crippen LogP) is 3.07. The van der Waals surface area contributed by atoms with Gasteiger partial charge in [-0.1, -0.05) is 12.1 Å². The minimum Gasteiger partial charge on any atom is -0.491 e. The van der Waals surface area contributed by atoms with Crippen LogP contribution in [0.5, 0.6) is 5.75 Å². The number of carbonyl (C=O) groups is 1. The third-order valence-electron chi connectivity index (χ3n) is 9.09. The third kappa shape index (κ3) is 6.94. The number of amides is 1. The van der Waals surface area contributed by atoms with E-state index in [0.29, 0.717) is 0 Å². The Morgan fingerprint density at radius 3 is 2.48 bits per heavy atom. The number of aliphatic hydroxyl groups is 1. The van der Waals surface area contributed by atoms with Crippen LogP contribution in [-0.4, -0.2) is 103 Å². The molecule has 3 heterocycles. The average molecular weight is 710 g/mol. The molecule has 0 unspecified atom stereocenters. The average Bonchev–Trinajstić information content (AvgIpc) is 3.45. The highest BCUT2D eigenvalue weighted by molar-refractivity contribution is 7.92. The van der Waals surface area contributed by atoms with E-state index in [9.17, 15) is 41.0 Å². The van der Waals surface area contributed by atoms with Crippen LogP contribution in [0.4, 0.5) is 9.18 Å². The molecule has 1 spiro atoms. The largest absolute Gasteiger partial charge is 0.491 e. The molecule has 2 saturated heterocycles. The van der Waals surface area contributed by atoms with Crippen molar-refractivity contribution < 1.29 is 45.7 Å². The molecular formula is C32H40FN3O10S2. The number of pyridine rings is 1. The van der Waals surface area contributed by atoms with Crippen molar-refractivity contribution in [2.24, 2.45) is 0 Å². The highest BCUT2D eigenvalue weighted by Gasteiger charge is 2.47. The normalized spacial score (nSPS) is 19.2. The summed E-state index contributed by atoms with van der Waals surface area (Å²) in [5.74, 6) is -0.407. The zero-order chi connectivity index (χ0) is 35.0. The molecule has 1 amide bonds. The van der Waals surface area contributed by atoms with Gasteiger partial charge in [-0.2, -0.15) is 4.31 Å². The van der Waals surface area contributed by atoms with Crippen LogP contribution in [-0.2, 0) is 31.1 Å². The van der Waals surface area contributed by atoms with Gasteiger partial charge in [0, 0.05) is 25.8 Å². The molecule has 5 rings (SSSR count). The van der Waals surface area contributed by atoms with Gasteiger partial charge in [0.05, 0.1) is 45.8 Å². The molecule has 0 aliphatic carbocycles. The highest BCUT2D eigenvalue weighted by Crippen LogP contribution is 2.39. The lowest BCUT2D eigenvalue weighted by Gasteiger charge is -2.38. The SMILES string of the molecule is CCn1cc(S(=O)(=O)N2CCC3(CC2)C[C@@H](N(C[C@H](O)COc2cccc(S(=O)(=O)C(C)C)c2)C(=O)O)CO3)c(=O)c2cccc(F)c21. The molecule has 0 bridgehead atoms. The molecule has 2 atom stereocenters. The Hall–Kier alpha value is -3.57. The Bertz CT molecular complexity index is 1960. The van der Waals surface area contributed by atoms with Crippen LogP contribution >= 0.6 is 0 Å². The molecule has 2 aliphatic rings. The first-order valence-electron chi connectivity index (χ1n) is 15.7. The van der Waals surface area contributed by atoms with E-state index in [1.54, 1.807) is 26.8 Å². The number of aryl methyl sites for hydroxylation is 1. The lowest BCUT2D eigenvalue weighted by atomic mass is 9.88. The number of halogens is 1. The molecule has 0 radical (unpaired) electrons. The molecule has 2 N–H and O–H groups in total. The van der Waals surface area contributed by atoms with Crippen LogP contribution in [0, 0.1) is 5.82 Å². The lowest BCUT2D eigenvalue weighted by molar-refractivity contribution is -0.0319. The number of fused-ring (bicyclic) bond motifs is 1. The maximum Gasteiger partial charge on any atom is 0.407 e. The molecular weight excluding hydrogens is 669 g/mol. The number of carboxylic acid groups (broad SMARTS) is 1. The summed E-state index contributed by atoms with van der Waals surface area (Å²) in [5.41, 5.74) is -1.54. The molecule has 1 aromatic heterocycles. The number of sulfone groups is 1. The van der Waals surface area contributed by atoms with Crippen molar-refractivity contribution in [1.29, 1.82) is 0 Å². The molecule has 2 aromatic carbocycles. The second-order valence-corrected chi connectivity index (χ2v) is 16.9. The van der Waals surface area contributed by atoms with Crippen LogP contribution in [0.15, 0.2) is 63.2 Å². The molecule has 3 aromatic rings. The number of hydrogen-bond acceptors (Lipinski definition) is 9. The summed E-state index contributed by atoms with van der Waals surface area (Å²) in [6.45, 7) is 4.60. The van der Waals surface area contributed by atoms with Gasteiger partial charge in [-0.25, -0.2) is 26.0 Å². The van der Waals surface area contributed by atoms with Crippen molar-refractivity contribution in [1.82, 2.24) is 13.8 Å². The van der Waals surface area contributed by atoms with Crippen LogP contribution < -0.4 is 10.2 Å². The van der Waals surface area contributed by atoms with Gasteiger partial charge in [-0.3, -0.25) is 4.79 Å². The number of aliphatic hydroxyl groups excluding tert-OH is 1. The first-order valence-corrected chi connectivity index (χ1v) is 18.7. The third-order valence-corrected chi connectivity index (χ3v) is 13.1. The van der Waals surface area contributed by atoms with Crippen LogP contribution in [0.25, 0.3) is 10.9 Å². The summed E-state index contributed by atoms with van der Waals surface area (Å²) < 4.78 is 81.2. The van der Waals surface area contributed by atoms with E-state index < -0.39 is 65.1 Å². The number of rotatable bonds is 11. The highest BCUT2D eigenvalue weighted by atomic mass is 32.2. The minimum absolute atomic E-state index is 0.0247. The zero-order valence-electron chi connectivity index (χ0n) is 26.9. The van der Waals surface area contributed by atoms with Crippen molar-refractivity contribution in [3.8, 4) is 5.75 Å². The molecule has 2 fully saturated rings. The van der Waals surface area contributed by atoms with Crippen molar-refractivity contribution in [2.45, 2.75) is 79.4 Å². The van der Waals surface area contributed by atoms with E-state index in [2.05, 4.69) is 0 Å². The fourth-order valence-electron chi connectivity index (χ4n) is 6.33. The number of aromatic nitrogens is 1. The van der Waals surface area contributed by atoms with Gasteiger partial charge in [0.1, 0.15) is 29.2 Å². The van der Waals surface area contributed by atoms with E-state index >= 15 is 0 Å². The maximum absolute atomic E-state index is 14.5. The number of hydrogen-bond donors (Lipinski definition) is 2. The van der Waals surface area contributed by atoms with Crippen LogP contribution in [0.2, 0.25) is 0 Å². The fourth-order valence-corrected chi connectivity index (χ4v) is 8.97. The summed E-state index contributed by atoms with van der Waals surface area (Å²) in [5, 5.41) is 20.0. The van der Waals surface area contributed by atoms with E-state index in [1.807, 2.05) is 0 Å². The smallest absolute Gasteiger partial charge is 0.407 e. The number of benzene rings is 2. The minimum atomic E-state index is -4.24. The van der Waals surface area contributed by atoms with Gasteiger partial charge >= 0.3 is 6.09 Å². The molecule has 0 saturated carbocycles. The lowest BCUT2D eigenvalue weighted by Crippen LogP contribution is -2.49. The Balaban J connectivity index is 1.22. The fraction of sp³-hybridized carbons (Fsp3) is 0.500. The van der Waals surface area contributed by atoms with E-state index in [0.717, 1.165) is 4.90 Å². The number of ether oxygens (including phenoxy) is 2.